The third-order valence-corrected chi connectivity index (χ3v) is 5.40. The van der Waals surface area contributed by atoms with Crippen LogP contribution in [0.3, 0.4) is 0 Å². The largest absolute Gasteiger partial charge is 0.389 e. The number of hydrogen-bond acceptors (Lipinski definition) is 4. The van der Waals surface area contributed by atoms with Gasteiger partial charge in [-0.3, -0.25) is 0 Å². The van der Waals surface area contributed by atoms with E-state index in [-0.39, 0.29) is 0 Å². The van der Waals surface area contributed by atoms with Gasteiger partial charge in [-0.15, -0.1) is 11.3 Å². The number of thiazole rings is 1. The highest BCUT2D eigenvalue weighted by molar-refractivity contribution is 7.11. The Bertz CT molecular complexity index is 412. The van der Waals surface area contributed by atoms with Crippen LogP contribution in [-0.2, 0) is 19.4 Å². The van der Waals surface area contributed by atoms with Gasteiger partial charge in [-0.2, -0.15) is 0 Å². The SMILES string of the molecule is CCC(O)(CC)CNCc1nc2c(s1)CC(C)CC2. The fraction of sp³-hybridized carbons (Fsp3) is 0.800. The van der Waals surface area contributed by atoms with Gasteiger partial charge in [0.15, 0.2) is 0 Å². The summed E-state index contributed by atoms with van der Waals surface area (Å²) >= 11 is 1.85. The molecule has 0 saturated carbocycles. The summed E-state index contributed by atoms with van der Waals surface area (Å²) in [5.74, 6) is 0.805. The molecule has 2 N–H and O–H groups in total. The monoisotopic (exact) mass is 282 g/mol. The van der Waals surface area contributed by atoms with Crippen molar-refractivity contribution in [1.29, 1.82) is 0 Å². The number of nitrogens with one attached hydrogen (secondary N) is 1. The average Bonchev–Trinajstić information content (AvgIpc) is 2.80. The molecule has 3 nitrogen and oxygen atoms in total. The summed E-state index contributed by atoms with van der Waals surface area (Å²) in [5.41, 5.74) is 0.756. The summed E-state index contributed by atoms with van der Waals surface area (Å²) < 4.78 is 0. The van der Waals surface area contributed by atoms with Crippen LogP contribution in [-0.4, -0.2) is 22.2 Å². The fourth-order valence-corrected chi connectivity index (χ4v) is 3.82. The molecule has 1 aliphatic carbocycles. The summed E-state index contributed by atoms with van der Waals surface area (Å²) in [6.45, 7) is 7.83. The molecule has 0 fully saturated rings. The lowest BCUT2D eigenvalue weighted by molar-refractivity contribution is 0.0323. The Morgan fingerprint density at radius 2 is 2.16 bits per heavy atom. The van der Waals surface area contributed by atoms with E-state index >= 15 is 0 Å². The lowest BCUT2D eigenvalue weighted by Crippen LogP contribution is -2.39. The molecular weight excluding hydrogens is 256 g/mol. The second-order valence-corrected chi connectivity index (χ2v) is 7.03. The molecule has 0 spiro atoms. The van der Waals surface area contributed by atoms with Crippen LogP contribution in [0.5, 0.6) is 0 Å². The smallest absolute Gasteiger partial charge is 0.107 e. The average molecular weight is 282 g/mol. The zero-order valence-corrected chi connectivity index (χ0v) is 13.1. The minimum Gasteiger partial charge on any atom is -0.389 e. The minimum atomic E-state index is -0.564. The van der Waals surface area contributed by atoms with Crippen LogP contribution in [0.25, 0.3) is 0 Å². The Labute approximate surface area is 120 Å². The van der Waals surface area contributed by atoms with Crippen LogP contribution in [0.4, 0.5) is 0 Å². The molecule has 1 aromatic rings. The summed E-state index contributed by atoms with van der Waals surface area (Å²) in [4.78, 5) is 6.21. The van der Waals surface area contributed by atoms with Crippen molar-refractivity contribution in [2.75, 3.05) is 6.54 Å². The van der Waals surface area contributed by atoms with Gasteiger partial charge in [-0.1, -0.05) is 20.8 Å². The number of aryl methyl sites for hydroxylation is 1. The van der Waals surface area contributed by atoms with Crippen molar-refractivity contribution in [2.45, 2.75) is 65.0 Å². The van der Waals surface area contributed by atoms with Gasteiger partial charge in [0.2, 0.25) is 0 Å². The van der Waals surface area contributed by atoms with Crippen molar-refractivity contribution in [2.24, 2.45) is 5.92 Å². The predicted molar refractivity (Wildman–Crippen MR) is 80.5 cm³/mol. The zero-order chi connectivity index (χ0) is 13.9. The van der Waals surface area contributed by atoms with Gasteiger partial charge < -0.3 is 10.4 Å². The Morgan fingerprint density at radius 1 is 1.42 bits per heavy atom. The molecule has 0 bridgehead atoms. The molecule has 0 saturated heterocycles. The van der Waals surface area contributed by atoms with Crippen LogP contribution >= 0.6 is 11.3 Å². The highest BCUT2D eigenvalue weighted by Gasteiger charge is 2.22. The van der Waals surface area contributed by atoms with Crippen molar-refractivity contribution >= 4 is 11.3 Å². The lowest BCUT2D eigenvalue weighted by Gasteiger charge is -2.25. The molecule has 1 aliphatic rings. The summed E-state index contributed by atoms with van der Waals surface area (Å²) in [5, 5.41) is 14.8. The molecule has 1 heterocycles. The molecule has 19 heavy (non-hydrogen) atoms. The van der Waals surface area contributed by atoms with Crippen molar-refractivity contribution in [1.82, 2.24) is 10.3 Å². The van der Waals surface area contributed by atoms with E-state index < -0.39 is 5.60 Å². The normalized spacial score (nSPS) is 19.5. The number of fused-ring (bicyclic) bond motifs is 1. The van der Waals surface area contributed by atoms with Crippen molar-refractivity contribution in [3.8, 4) is 0 Å². The molecule has 1 unspecified atom stereocenters. The first kappa shape index (κ1) is 14.9. The molecule has 1 aromatic heterocycles. The Morgan fingerprint density at radius 3 is 2.84 bits per heavy atom. The van der Waals surface area contributed by atoms with Crippen LogP contribution in [0.1, 0.15) is 55.6 Å². The fourth-order valence-electron chi connectivity index (χ4n) is 2.57. The van der Waals surface area contributed by atoms with E-state index in [1.54, 1.807) is 0 Å². The van der Waals surface area contributed by atoms with Gasteiger partial charge in [-0.25, -0.2) is 4.98 Å². The number of rotatable bonds is 6. The van der Waals surface area contributed by atoms with Crippen molar-refractivity contribution < 1.29 is 5.11 Å². The van der Waals surface area contributed by atoms with E-state index in [4.69, 9.17) is 4.98 Å². The van der Waals surface area contributed by atoms with E-state index in [1.807, 2.05) is 25.2 Å². The molecule has 0 radical (unpaired) electrons. The highest BCUT2D eigenvalue weighted by Crippen LogP contribution is 2.29. The van der Waals surface area contributed by atoms with Crippen LogP contribution in [0, 0.1) is 5.92 Å². The third kappa shape index (κ3) is 3.77. The van der Waals surface area contributed by atoms with Gasteiger partial charge in [0.25, 0.3) is 0 Å². The first-order valence-corrected chi connectivity index (χ1v) is 8.28. The molecule has 0 aromatic carbocycles. The van der Waals surface area contributed by atoms with Crippen LogP contribution in [0.15, 0.2) is 0 Å². The van der Waals surface area contributed by atoms with E-state index in [2.05, 4.69) is 12.2 Å². The van der Waals surface area contributed by atoms with Crippen LogP contribution in [0.2, 0.25) is 0 Å². The Kier molecular flexibility index (Phi) is 4.98. The van der Waals surface area contributed by atoms with E-state index in [1.165, 1.54) is 28.4 Å². The summed E-state index contributed by atoms with van der Waals surface area (Å²) in [7, 11) is 0. The number of aromatic nitrogens is 1. The van der Waals surface area contributed by atoms with Crippen molar-refractivity contribution in [3.05, 3.63) is 15.6 Å². The maximum absolute atomic E-state index is 10.2. The Hall–Kier alpha value is -0.450. The first-order valence-electron chi connectivity index (χ1n) is 7.47. The molecule has 0 aliphatic heterocycles. The van der Waals surface area contributed by atoms with Gasteiger partial charge in [-0.05, 0) is 38.0 Å². The standard InChI is InChI=1S/C15H26N2OS/c1-4-15(18,5-2)10-16-9-14-17-12-7-6-11(3)8-13(12)19-14/h11,16,18H,4-10H2,1-3H3. The van der Waals surface area contributed by atoms with Gasteiger partial charge in [0.1, 0.15) is 5.01 Å². The zero-order valence-electron chi connectivity index (χ0n) is 12.3. The van der Waals surface area contributed by atoms with Gasteiger partial charge in [0.05, 0.1) is 11.3 Å². The summed E-state index contributed by atoms with van der Waals surface area (Å²) in [6, 6.07) is 0. The topological polar surface area (TPSA) is 45.1 Å². The third-order valence-electron chi connectivity index (χ3n) is 4.28. The van der Waals surface area contributed by atoms with Crippen LogP contribution < -0.4 is 5.32 Å². The quantitative estimate of drug-likeness (QED) is 0.843. The molecule has 1 atom stereocenters. The maximum Gasteiger partial charge on any atom is 0.107 e. The predicted octanol–water partition coefficient (Wildman–Crippen LogP) is 2.91. The van der Waals surface area contributed by atoms with Crippen molar-refractivity contribution in [3.63, 3.8) is 0 Å². The minimum absolute atomic E-state index is 0.564. The molecular formula is C15H26N2OS. The summed E-state index contributed by atoms with van der Waals surface area (Å²) in [6.07, 6.45) is 5.20. The second kappa shape index (κ2) is 6.33. The lowest BCUT2D eigenvalue weighted by atomic mass is 9.93. The van der Waals surface area contributed by atoms with E-state index in [0.29, 0.717) is 6.54 Å². The second-order valence-electron chi connectivity index (χ2n) is 5.86. The van der Waals surface area contributed by atoms with E-state index in [9.17, 15) is 5.11 Å². The molecule has 0 amide bonds. The van der Waals surface area contributed by atoms with Gasteiger partial charge >= 0.3 is 0 Å². The highest BCUT2D eigenvalue weighted by atomic mass is 32.1. The number of hydrogen-bond donors (Lipinski definition) is 2. The molecule has 108 valence electrons. The van der Waals surface area contributed by atoms with Gasteiger partial charge in [0, 0.05) is 18.0 Å². The number of nitrogens with zero attached hydrogens (tertiary/aromatic N) is 1. The Balaban J connectivity index is 1.87. The van der Waals surface area contributed by atoms with E-state index in [0.717, 1.165) is 31.7 Å². The number of aliphatic hydroxyl groups is 1. The molecule has 2 rings (SSSR count). The molecule has 4 heteroatoms. The maximum atomic E-state index is 10.2. The first-order chi connectivity index (χ1) is 9.06.